The molecule has 138 valence electrons. The first-order valence-electron chi connectivity index (χ1n) is 8.85. The number of Topliss-reactive ketones (excluding diaryl/α,β-unsaturated/α-hetero) is 1. The van der Waals surface area contributed by atoms with Gasteiger partial charge >= 0.3 is 0 Å². The maximum Gasteiger partial charge on any atom is 0.227 e. The van der Waals surface area contributed by atoms with Gasteiger partial charge in [-0.25, -0.2) is 9.97 Å². The van der Waals surface area contributed by atoms with Gasteiger partial charge in [0.05, 0.1) is 17.0 Å². The summed E-state index contributed by atoms with van der Waals surface area (Å²) in [5.74, 6) is 1.10. The van der Waals surface area contributed by atoms with Crippen molar-refractivity contribution in [3.05, 3.63) is 78.1 Å². The third-order valence-electron chi connectivity index (χ3n) is 4.34. The van der Waals surface area contributed by atoms with Crippen LogP contribution in [-0.2, 0) is 0 Å². The molecule has 0 fully saturated rings. The molecule has 1 N–H and O–H groups in total. The zero-order valence-electron chi connectivity index (χ0n) is 15.5. The van der Waals surface area contributed by atoms with Gasteiger partial charge in [-0.3, -0.25) is 4.79 Å². The zero-order chi connectivity index (χ0) is 19.5. The number of hydrogen-bond donors (Lipinski definition) is 1. The van der Waals surface area contributed by atoms with E-state index in [1.54, 1.807) is 18.3 Å². The van der Waals surface area contributed by atoms with Crippen LogP contribution in [0.2, 0.25) is 0 Å². The molecule has 2 heterocycles. The molecule has 0 amide bonds. The first-order valence-corrected chi connectivity index (χ1v) is 8.85. The smallest absolute Gasteiger partial charge is 0.227 e. The minimum absolute atomic E-state index is 0.00548. The van der Waals surface area contributed by atoms with Gasteiger partial charge in [0.2, 0.25) is 5.95 Å². The number of carbonyl (C=O) groups excluding carboxylic acids is 1. The monoisotopic (exact) mass is 370 g/mol. The molecule has 4 rings (SSSR count). The number of ketones is 1. The quantitative estimate of drug-likeness (QED) is 0.495. The molecule has 28 heavy (non-hydrogen) atoms. The number of rotatable bonds is 5. The van der Waals surface area contributed by atoms with Crippen molar-refractivity contribution in [3.8, 4) is 22.6 Å². The predicted molar refractivity (Wildman–Crippen MR) is 107 cm³/mol. The van der Waals surface area contributed by atoms with E-state index >= 15 is 0 Å². The number of aryl methyl sites for hydroxylation is 1. The van der Waals surface area contributed by atoms with Gasteiger partial charge in [-0.1, -0.05) is 47.6 Å². The Morgan fingerprint density at radius 2 is 1.86 bits per heavy atom. The average molecular weight is 370 g/mol. The maximum atomic E-state index is 11.6. The normalized spacial score (nSPS) is 10.6. The van der Waals surface area contributed by atoms with Crippen LogP contribution in [0.3, 0.4) is 0 Å². The predicted octanol–water partition coefficient (Wildman–Crippen LogP) is 5.05. The first-order chi connectivity index (χ1) is 13.6. The van der Waals surface area contributed by atoms with E-state index in [1.807, 2.05) is 55.5 Å². The summed E-state index contributed by atoms with van der Waals surface area (Å²) in [5, 5.41) is 7.28. The molecule has 0 spiro atoms. The van der Waals surface area contributed by atoms with Crippen LogP contribution in [0.5, 0.6) is 0 Å². The number of aromatic nitrogens is 3. The molecule has 2 aromatic heterocycles. The standard InChI is InChI=1S/C22H18N4O2/c1-14-20(21(28-26-14)16-7-4-3-5-8-16)19-11-12-23-22(25-19)24-18-10-6-9-17(13-18)15(2)27/h3-13H,1-2H3,(H,23,24,25). The largest absolute Gasteiger partial charge is 0.355 e. The summed E-state index contributed by atoms with van der Waals surface area (Å²) in [6, 6.07) is 18.8. The second-order valence-electron chi connectivity index (χ2n) is 6.37. The van der Waals surface area contributed by atoms with Crippen molar-refractivity contribution in [2.45, 2.75) is 13.8 Å². The molecule has 6 nitrogen and oxygen atoms in total. The van der Waals surface area contributed by atoms with E-state index in [9.17, 15) is 4.79 Å². The summed E-state index contributed by atoms with van der Waals surface area (Å²) in [6.07, 6.45) is 1.68. The highest BCUT2D eigenvalue weighted by Gasteiger charge is 2.18. The van der Waals surface area contributed by atoms with Gasteiger partial charge < -0.3 is 9.84 Å². The van der Waals surface area contributed by atoms with Gasteiger partial charge in [-0.2, -0.15) is 0 Å². The molecule has 0 radical (unpaired) electrons. The molecule has 0 atom stereocenters. The van der Waals surface area contributed by atoms with E-state index in [2.05, 4.69) is 20.4 Å². The lowest BCUT2D eigenvalue weighted by Crippen LogP contribution is -2.00. The zero-order valence-corrected chi connectivity index (χ0v) is 15.5. The summed E-state index contributed by atoms with van der Waals surface area (Å²) in [5.41, 5.74) is 4.59. The number of nitrogens with zero attached hydrogens (tertiary/aromatic N) is 3. The van der Waals surface area contributed by atoms with Crippen LogP contribution in [0.1, 0.15) is 23.0 Å². The molecular formula is C22H18N4O2. The highest BCUT2D eigenvalue weighted by atomic mass is 16.5. The van der Waals surface area contributed by atoms with Gasteiger partial charge in [0, 0.05) is 23.0 Å². The van der Waals surface area contributed by atoms with Gasteiger partial charge in [-0.15, -0.1) is 0 Å². The van der Waals surface area contributed by atoms with E-state index < -0.39 is 0 Å². The Balaban J connectivity index is 1.70. The molecule has 0 aliphatic carbocycles. The van der Waals surface area contributed by atoms with Crippen LogP contribution < -0.4 is 5.32 Å². The number of benzene rings is 2. The minimum atomic E-state index is 0.00548. The summed E-state index contributed by atoms with van der Waals surface area (Å²) >= 11 is 0. The number of anilines is 2. The van der Waals surface area contributed by atoms with Crippen molar-refractivity contribution in [3.63, 3.8) is 0 Å². The van der Waals surface area contributed by atoms with Crippen molar-refractivity contribution in [1.82, 2.24) is 15.1 Å². The molecule has 4 aromatic rings. The minimum Gasteiger partial charge on any atom is -0.355 e. The van der Waals surface area contributed by atoms with Crippen LogP contribution >= 0.6 is 0 Å². The molecule has 0 saturated carbocycles. The number of carbonyl (C=O) groups is 1. The van der Waals surface area contributed by atoms with Crippen LogP contribution in [0.25, 0.3) is 22.6 Å². The van der Waals surface area contributed by atoms with Crippen molar-refractivity contribution >= 4 is 17.4 Å². The van der Waals surface area contributed by atoms with E-state index in [1.165, 1.54) is 6.92 Å². The van der Waals surface area contributed by atoms with Crippen molar-refractivity contribution < 1.29 is 9.32 Å². The van der Waals surface area contributed by atoms with Crippen LogP contribution in [-0.4, -0.2) is 20.9 Å². The fourth-order valence-corrected chi connectivity index (χ4v) is 2.96. The molecule has 0 aliphatic rings. The molecule has 2 aromatic carbocycles. The van der Waals surface area contributed by atoms with Crippen LogP contribution in [0.4, 0.5) is 11.6 Å². The Kier molecular flexibility index (Phi) is 4.68. The number of nitrogens with one attached hydrogen (secondary N) is 1. The lowest BCUT2D eigenvalue weighted by atomic mass is 10.0. The molecule has 0 saturated heterocycles. The lowest BCUT2D eigenvalue weighted by molar-refractivity contribution is 0.101. The molecule has 6 heteroatoms. The highest BCUT2D eigenvalue weighted by molar-refractivity contribution is 5.95. The van der Waals surface area contributed by atoms with Crippen molar-refractivity contribution in [2.24, 2.45) is 0 Å². The van der Waals surface area contributed by atoms with Gasteiger partial charge in [-0.05, 0) is 32.0 Å². The van der Waals surface area contributed by atoms with Crippen LogP contribution in [0.15, 0.2) is 71.4 Å². The van der Waals surface area contributed by atoms with E-state index in [-0.39, 0.29) is 5.78 Å². The highest BCUT2D eigenvalue weighted by Crippen LogP contribution is 2.34. The fraction of sp³-hybridized carbons (Fsp3) is 0.0909. The fourth-order valence-electron chi connectivity index (χ4n) is 2.96. The van der Waals surface area contributed by atoms with Gasteiger partial charge in [0.25, 0.3) is 0 Å². The lowest BCUT2D eigenvalue weighted by Gasteiger charge is -2.08. The second-order valence-corrected chi connectivity index (χ2v) is 6.37. The Morgan fingerprint density at radius 1 is 1.04 bits per heavy atom. The van der Waals surface area contributed by atoms with E-state index in [4.69, 9.17) is 4.52 Å². The van der Waals surface area contributed by atoms with Gasteiger partial charge in [0.1, 0.15) is 0 Å². The Hall–Kier alpha value is -3.80. The average Bonchev–Trinajstić information content (AvgIpc) is 3.10. The SMILES string of the molecule is CC(=O)c1cccc(Nc2nccc(-c3c(C)noc3-c3ccccc3)n2)c1. The molecular weight excluding hydrogens is 352 g/mol. The molecule has 0 unspecified atom stereocenters. The topological polar surface area (TPSA) is 80.9 Å². The third kappa shape index (κ3) is 3.53. The van der Waals surface area contributed by atoms with Crippen molar-refractivity contribution in [2.75, 3.05) is 5.32 Å². The Bertz CT molecular complexity index is 1140. The molecule has 0 aliphatic heterocycles. The molecule has 0 bridgehead atoms. The summed E-state index contributed by atoms with van der Waals surface area (Å²) in [7, 11) is 0. The third-order valence-corrected chi connectivity index (χ3v) is 4.34. The second kappa shape index (κ2) is 7.44. The first kappa shape index (κ1) is 17.6. The number of hydrogen-bond acceptors (Lipinski definition) is 6. The van der Waals surface area contributed by atoms with E-state index in [0.717, 1.165) is 22.5 Å². The van der Waals surface area contributed by atoms with Crippen LogP contribution in [0, 0.1) is 6.92 Å². The van der Waals surface area contributed by atoms with Crippen molar-refractivity contribution in [1.29, 1.82) is 0 Å². The Morgan fingerprint density at radius 3 is 2.64 bits per heavy atom. The van der Waals surface area contributed by atoms with E-state index in [0.29, 0.717) is 23.0 Å². The summed E-state index contributed by atoms with van der Waals surface area (Å²) in [6.45, 7) is 3.42. The van der Waals surface area contributed by atoms with Gasteiger partial charge in [0.15, 0.2) is 11.5 Å². The maximum absolute atomic E-state index is 11.6. The Labute approximate surface area is 162 Å². The summed E-state index contributed by atoms with van der Waals surface area (Å²) in [4.78, 5) is 20.5. The summed E-state index contributed by atoms with van der Waals surface area (Å²) < 4.78 is 5.57.